The van der Waals surface area contributed by atoms with Crippen molar-refractivity contribution >= 4 is 45.1 Å². The third kappa shape index (κ3) is 5.26. The number of amides is 1. The fourth-order valence-electron chi connectivity index (χ4n) is 3.91. The number of nitrogens with one attached hydrogen (secondary N) is 1. The Bertz CT molecular complexity index is 1230. The minimum absolute atomic E-state index is 0.0616. The summed E-state index contributed by atoms with van der Waals surface area (Å²) in [7, 11) is -3.87. The second-order valence-corrected chi connectivity index (χ2v) is 10.9. The van der Waals surface area contributed by atoms with Crippen molar-refractivity contribution in [3.05, 3.63) is 63.7 Å². The molecule has 1 fully saturated rings. The summed E-state index contributed by atoms with van der Waals surface area (Å²) in [5, 5.41) is 8.77. The van der Waals surface area contributed by atoms with Crippen LogP contribution in [0.5, 0.6) is 0 Å². The van der Waals surface area contributed by atoms with E-state index in [1.807, 2.05) is 41.8 Å². The van der Waals surface area contributed by atoms with Crippen LogP contribution in [0.1, 0.15) is 41.7 Å². The molecule has 3 aromatic rings. The van der Waals surface area contributed by atoms with Gasteiger partial charge in [-0.15, -0.1) is 11.3 Å². The Labute approximate surface area is 198 Å². The van der Waals surface area contributed by atoms with E-state index in [4.69, 9.17) is 4.52 Å². The normalized spacial score (nSPS) is 17.5. The Hall–Kier alpha value is -2.75. The van der Waals surface area contributed by atoms with Crippen LogP contribution in [0.15, 0.2) is 51.2 Å². The number of benzene rings is 1. The first kappa shape index (κ1) is 23.4. The molecule has 0 radical (unpaired) electrons. The van der Waals surface area contributed by atoms with Crippen molar-refractivity contribution in [3.8, 4) is 0 Å². The van der Waals surface area contributed by atoms with E-state index in [0.29, 0.717) is 30.8 Å². The quantitative estimate of drug-likeness (QED) is 0.518. The van der Waals surface area contributed by atoms with Gasteiger partial charge in [0.2, 0.25) is 15.9 Å². The monoisotopic (exact) mass is 485 g/mol. The van der Waals surface area contributed by atoms with E-state index < -0.39 is 15.9 Å². The summed E-state index contributed by atoms with van der Waals surface area (Å²) in [5.74, 6) is -0.396. The van der Waals surface area contributed by atoms with Crippen molar-refractivity contribution < 1.29 is 17.7 Å². The molecule has 1 amide bonds. The molecule has 1 aromatic carbocycles. The Morgan fingerprint density at radius 2 is 2.06 bits per heavy atom. The number of rotatable bonds is 7. The molecule has 33 heavy (non-hydrogen) atoms. The van der Waals surface area contributed by atoms with E-state index in [-0.39, 0.29) is 23.1 Å². The van der Waals surface area contributed by atoms with Crippen LogP contribution >= 0.6 is 11.3 Å². The predicted octanol–water partition coefficient (Wildman–Crippen LogP) is 4.82. The molecule has 1 N–H and O–H groups in total. The van der Waals surface area contributed by atoms with Crippen molar-refractivity contribution in [1.29, 1.82) is 0 Å². The maximum Gasteiger partial charge on any atom is 0.248 e. The van der Waals surface area contributed by atoms with Crippen LogP contribution in [0, 0.1) is 12.8 Å². The smallest absolute Gasteiger partial charge is 0.248 e. The zero-order valence-corrected chi connectivity index (χ0v) is 20.3. The summed E-state index contributed by atoms with van der Waals surface area (Å²) < 4.78 is 33.7. The van der Waals surface area contributed by atoms with Gasteiger partial charge in [0.1, 0.15) is 5.69 Å². The van der Waals surface area contributed by atoms with E-state index in [9.17, 15) is 13.2 Å². The first-order chi connectivity index (χ1) is 15.9. The molecule has 1 saturated heterocycles. The van der Waals surface area contributed by atoms with Crippen LogP contribution in [-0.4, -0.2) is 36.9 Å². The van der Waals surface area contributed by atoms with E-state index in [2.05, 4.69) is 17.4 Å². The molecular weight excluding hydrogens is 458 g/mol. The SMILES string of the molecule is CCc1ccc(NC(=O)C2CCCN(S(=O)(=O)c3c(C)noc3/C=C/c3cccs3)C2)cc1. The molecule has 1 unspecified atom stereocenters. The highest BCUT2D eigenvalue weighted by Crippen LogP contribution is 2.30. The van der Waals surface area contributed by atoms with Crippen molar-refractivity contribution in [2.75, 3.05) is 18.4 Å². The standard InChI is InChI=1S/C24H27N3O4S2/c1-3-18-8-10-20(11-9-18)25-24(28)19-6-4-14-27(16-19)33(29,30)23-17(2)26-31-22(23)13-12-21-7-5-15-32-21/h5,7-13,15,19H,3-4,6,14,16H2,1-2H3,(H,25,28)/b13-12+. The van der Waals surface area contributed by atoms with Crippen LogP contribution in [0.2, 0.25) is 0 Å². The highest BCUT2D eigenvalue weighted by atomic mass is 32.2. The minimum Gasteiger partial charge on any atom is -0.355 e. The second-order valence-electron chi connectivity index (χ2n) is 8.05. The highest BCUT2D eigenvalue weighted by Gasteiger charge is 2.37. The zero-order chi connectivity index (χ0) is 23.4. The van der Waals surface area contributed by atoms with Crippen molar-refractivity contribution in [3.63, 3.8) is 0 Å². The Balaban J connectivity index is 1.50. The largest absolute Gasteiger partial charge is 0.355 e. The van der Waals surface area contributed by atoms with E-state index in [1.165, 1.54) is 9.87 Å². The number of carbonyl (C=O) groups excluding carboxylic acids is 1. The van der Waals surface area contributed by atoms with Gasteiger partial charge >= 0.3 is 0 Å². The zero-order valence-electron chi connectivity index (χ0n) is 18.7. The number of sulfonamides is 1. The van der Waals surface area contributed by atoms with Gasteiger partial charge in [-0.25, -0.2) is 8.42 Å². The number of aromatic nitrogens is 1. The molecule has 9 heteroatoms. The molecule has 7 nitrogen and oxygen atoms in total. The third-order valence-corrected chi connectivity index (χ3v) is 8.62. The van der Waals surface area contributed by atoms with Gasteiger partial charge < -0.3 is 9.84 Å². The molecule has 0 saturated carbocycles. The summed E-state index contributed by atoms with van der Waals surface area (Å²) in [6, 6.07) is 11.6. The molecule has 0 bridgehead atoms. The summed E-state index contributed by atoms with van der Waals surface area (Å²) in [4.78, 5) is 13.9. The summed E-state index contributed by atoms with van der Waals surface area (Å²) in [6.45, 7) is 4.17. The number of thiophene rings is 1. The summed E-state index contributed by atoms with van der Waals surface area (Å²) in [6.07, 6.45) is 5.61. The molecule has 1 aliphatic rings. The van der Waals surface area contributed by atoms with Gasteiger partial charge in [-0.2, -0.15) is 4.31 Å². The number of piperidine rings is 1. The van der Waals surface area contributed by atoms with Gasteiger partial charge in [0.05, 0.1) is 5.92 Å². The van der Waals surface area contributed by atoms with Gasteiger partial charge in [0.25, 0.3) is 0 Å². The minimum atomic E-state index is -3.87. The van der Waals surface area contributed by atoms with Crippen LogP contribution in [0.4, 0.5) is 5.69 Å². The molecular formula is C24H27N3O4S2. The first-order valence-corrected chi connectivity index (χ1v) is 13.3. The predicted molar refractivity (Wildman–Crippen MR) is 130 cm³/mol. The van der Waals surface area contributed by atoms with Gasteiger partial charge in [-0.1, -0.05) is 30.3 Å². The Morgan fingerprint density at radius 3 is 2.76 bits per heavy atom. The lowest BCUT2D eigenvalue weighted by molar-refractivity contribution is -0.120. The van der Waals surface area contributed by atoms with E-state index in [1.54, 1.807) is 30.4 Å². The number of nitrogens with zero attached hydrogens (tertiary/aromatic N) is 2. The van der Waals surface area contributed by atoms with Crippen LogP contribution in [0.3, 0.4) is 0 Å². The first-order valence-electron chi connectivity index (χ1n) is 11.0. The molecule has 0 aliphatic carbocycles. The fraction of sp³-hybridized carbons (Fsp3) is 0.333. The Kier molecular flexibility index (Phi) is 7.11. The van der Waals surface area contributed by atoms with Gasteiger partial charge in [0.15, 0.2) is 10.7 Å². The lowest BCUT2D eigenvalue weighted by Crippen LogP contribution is -2.43. The number of anilines is 1. The molecule has 174 valence electrons. The van der Waals surface area contributed by atoms with Crippen molar-refractivity contribution in [2.45, 2.75) is 38.0 Å². The summed E-state index contributed by atoms with van der Waals surface area (Å²) >= 11 is 1.54. The van der Waals surface area contributed by atoms with Crippen LogP contribution in [0.25, 0.3) is 12.2 Å². The number of carbonyl (C=O) groups is 1. The topological polar surface area (TPSA) is 92.5 Å². The average Bonchev–Trinajstić information content (AvgIpc) is 3.48. The van der Waals surface area contributed by atoms with Crippen LogP contribution < -0.4 is 5.32 Å². The maximum atomic E-state index is 13.5. The number of hydrogen-bond acceptors (Lipinski definition) is 6. The fourth-order valence-corrected chi connectivity index (χ4v) is 6.31. The molecule has 1 atom stereocenters. The van der Waals surface area contributed by atoms with Crippen LogP contribution in [-0.2, 0) is 21.2 Å². The third-order valence-electron chi connectivity index (χ3n) is 5.76. The molecule has 3 heterocycles. The van der Waals surface area contributed by atoms with E-state index in [0.717, 1.165) is 11.3 Å². The number of hydrogen-bond donors (Lipinski definition) is 1. The molecule has 0 spiro atoms. The van der Waals surface area contributed by atoms with Gasteiger partial charge in [0, 0.05) is 23.7 Å². The second kappa shape index (κ2) is 10.0. The molecule has 1 aliphatic heterocycles. The Morgan fingerprint density at radius 1 is 1.27 bits per heavy atom. The average molecular weight is 486 g/mol. The highest BCUT2D eigenvalue weighted by molar-refractivity contribution is 7.89. The van der Waals surface area contributed by atoms with Gasteiger partial charge in [-0.05, 0) is 67.5 Å². The molecule has 2 aromatic heterocycles. The van der Waals surface area contributed by atoms with Crippen molar-refractivity contribution in [1.82, 2.24) is 9.46 Å². The van der Waals surface area contributed by atoms with Gasteiger partial charge in [-0.3, -0.25) is 4.79 Å². The lowest BCUT2D eigenvalue weighted by Gasteiger charge is -2.31. The summed E-state index contributed by atoms with van der Waals surface area (Å²) in [5.41, 5.74) is 2.22. The van der Waals surface area contributed by atoms with E-state index >= 15 is 0 Å². The molecule has 4 rings (SSSR count). The van der Waals surface area contributed by atoms with Crippen molar-refractivity contribution in [2.24, 2.45) is 5.92 Å². The maximum absolute atomic E-state index is 13.5. The lowest BCUT2D eigenvalue weighted by atomic mass is 9.98. The number of aryl methyl sites for hydroxylation is 2.